The van der Waals surface area contributed by atoms with Crippen molar-refractivity contribution in [2.45, 2.75) is 37.1 Å². The highest BCUT2D eigenvalue weighted by molar-refractivity contribution is 6.19. The number of piperidine rings is 1. The van der Waals surface area contributed by atoms with Crippen LogP contribution in [0.15, 0.2) is 109 Å². The predicted octanol–water partition coefficient (Wildman–Crippen LogP) is 5.48. The van der Waals surface area contributed by atoms with E-state index in [1.165, 1.54) is 0 Å². The number of rotatable bonds is 3. The number of benzene rings is 4. The lowest BCUT2D eigenvalue weighted by atomic mass is 9.57. The Morgan fingerprint density at radius 3 is 2.14 bits per heavy atom. The summed E-state index contributed by atoms with van der Waals surface area (Å²) in [5, 5.41) is 16.8. The van der Waals surface area contributed by atoms with Gasteiger partial charge in [0.15, 0.2) is 17.3 Å². The molecule has 4 aromatic carbocycles. The van der Waals surface area contributed by atoms with E-state index in [0.29, 0.717) is 16.7 Å². The van der Waals surface area contributed by atoms with Gasteiger partial charge in [-0.2, -0.15) is 0 Å². The van der Waals surface area contributed by atoms with Gasteiger partial charge in [0.25, 0.3) is 0 Å². The van der Waals surface area contributed by atoms with Crippen LogP contribution in [-0.4, -0.2) is 40.2 Å². The highest BCUT2D eigenvalue weighted by Crippen LogP contribution is 2.72. The summed E-state index contributed by atoms with van der Waals surface area (Å²) >= 11 is 0. The Balaban J connectivity index is 1.44. The Hall–Kier alpha value is -4.16. The molecule has 0 radical (unpaired) electrons. The molecule has 5 nitrogen and oxygen atoms in total. The minimum atomic E-state index is -1.69. The van der Waals surface area contributed by atoms with E-state index in [4.69, 9.17) is 0 Å². The molecule has 208 valence electrons. The molecule has 1 unspecified atom stereocenters. The molecule has 4 aliphatic rings. The molecule has 1 aliphatic carbocycles. The van der Waals surface area contributed by atoms with Crippen LogP contribution in [-0.2, 0) is 10.5 Å². The van der Waals surface area contributed by atoms with Crippen molar-refractivity contribution in [2.24, 2.45) is 5.41 Å². The van der Waals surface area contributed by atoms with Gasteiger partial charge >= 0.3 is 0 Å². The first-order valence-corrected chi connectivity index (χ1v) is 14.6. The Kier molecular flexibility index (Phi) is 5.28. The molecule has 2 spiro atoms. The van der Waals surface area contributed by atoms with Gasteiger partial charge in [0, 0.05) is 41.7 Å². The number of nitrogens with zero attached hydrogens (tertiary/aromatic N) is 1. The smallest absolute Gasteiger partial charge is 0.189 e. The molecule has 3 aliphatic heterocycles. The van der Waals surface area contributed by atoms with Gasteiger partial charge in [-0.3, -0.25) is 19.8 Å². The van der Waals surface area contributed by atoms with Gasteiger partial charge in [0.1, 0.15) is 5.54 Å². The fourth-order valence-corrected chi connectivity index (χ4v) is 8.51. The minimum absolute atomic E-state index is 0.0621. The van der Waals surface area contributed by atoms with Gasteiger partial charge in [-0.15, -0.1) is 0 Å². The first-order valence-electron chi connectivity index (χ1n) is 14.6. The van der Waals surface area contributed by atoms with Crippen LogP contribution in [0.4, 0.5) is 0 Å². The topological polar surface area (TPSA) is 69.6 Å². The maximum Gasteiger partial charge on any atom is 0.189 e. The third-order valence-corrected chi connectivity index (χ3v) is 10.3. The van der Waals surface area contributed by atoms with Crippen LogP contribution in [0.3, 0.4) is 0 Å². The van der Waals surface area contributed by atoms with E-state index in [-0.39, 0.29) is 30.7 Å². The van der Waals surface area contributed by atoms with Gasteiger partial charge in [-0.05, 0) is 36.6 Å². The monoisotopic (exact) mass is 552 g/mol. The van der Waals surface area contributed by atoms with Crippen LogP contribution in [0.1, 0.15) is 55.7 Å². The van der Waals surface area contributed by atoms with E-state index in [2.05, 4.69) is 29.6 Å². The van der Waals surface area contributed by atoms with Crippen LogP contribution in [0, 0.1) is 19.3 Å². The number of hydrogen-bond acceptors (Lipinski definition) is 5. The van der Waals surface area contributed by atoms with E-state index in [1.54, 1.807) is 6.07 Å². The molecular weight excluding hydrogens is 520 g/mol. The molecule has 3 saturated heterocycles. The zero-order valence-electron chi connectivity index (χ0n) is 23.7. The van der Waals surface area contributed by atoms with E-state index in [9.17, 15) is 9.90 Å². The predicted molar refractivity (Wildman–Crippen MR) is 162 cm³/mol. The van der Waals surface area contributed by atoms with Crippen molar-refractivity contribution in [3.05, 3.63) is 148 Å². The summed E-state index contributed by atoms with van der Waals surface area (Å²) in [5.74, 6) is -0.666. The number of hydrogen-bond donors (Lipinski definition) is 2. The van der Waals surface area contributed by atoms with Crippen molar-refractivity contribution in [1.82, 2.24) is 10.2 Å². The number of aryl methyl sites for hydroxylation is 2. The minimum Gasteiger partial charge on any atom is -0.369 e. The standard InChI is InChI=1S/C37H32N2O3/c1-23-12-16-25(17-13-23)20-28-21-39-22-35(33(28)40)31(26-18-14-24(2)15-19-26)32(27-8-4-3-5-9-27)38-36(35)34(41)29-10-6-7-11-30(29)37(36,39)42/h3-20,31-32,38,42H,21-22H2,1-2H3/b28-20+/t31-,32-,35-,36+,37+/m0/s1. The Morgan fingerprint density at radius 1 is 0.786 bits per heavy atom. The van der Waals surface area contributed by atoms with Crippen molar-refractivity contribution in [1.29, 1.82) is 0 Å². The second-order valence-corrected chi connectivity index (χ2v) is 12.5. The molecule has 3 heterocycles. The third-order valence-electron chi connectivity index (χ3n) is 10.3. The zero-order chi connectivity index (χ0) is 28.9. The number of carbonyl (C=O) groups excluding carboxylic acids is 2. The molecule has 0 amide bonds. The lowest BCUT2D eigenvalue weighted by Crippen LogP contribution is -2.66. The SMILES string of the molecule is Cc1ccc(/C=C2\CN3C[C@@]4(C2=O)[C@@H](c2ccc(C)cc2)[C@H](c2ccccc2)N[C@]42C(=O)c4ccccc4[C@]32O)cc1. The highest BCUT2D eigenvalue weighted by Gasteiger charge is 2.87. The maximum absolute atomic E-state index is 15.3. The summed E-state index contributed by atoms with van der Waals surface area (Å²) in [4.78, 5) is 32.1. The van der Waals surface area contributed by atoms with E-state index >= 15 is 4.79 Å². The summed E-state index contributed by atoms with van der Waals surface area (Å²) in [6, 6.07) is 33.4. The van der Waals surface area contributed by atoms with Gasteiger partial charge in [0.2, 0.25) is 0 Å². The highest BCUT2D eigenvalue weighted by atomic mass is 16.3. The fraction of sp³-hybridized carbons (Fsp3) is 0.243. The van der Waals surface area contributed by atoms with Crippen LogP contribution in [0.5, 0.6) is 0 Å². The molecule has 42 heavy (non-hydrogen) atoms. The molecule has 8 rings (SSSR count). The van der Waals surface area contributed by atoms with E-state index in [0.717, 1.165) is 27.8 Å². The van der Waals surface area contributed by atoms with Crippen molar-refractivity contribution in [3.8, 4) is 0 Å². The van der Waals surface area contributed by atoms with Crippen LogP contribution >= 0.6 is 0 Å². The quantitative estimate of drug-likeness (QED) is 0.330. The van der Waals surface area contributed by atoms with Crippen LogP contribution < -0.4 is 5.32 Å². The third kappa shape index (κ3) is 2.98. The van der Waals surface area contributed by atoms with Crippen LogP contribution in [0.2, 0.25) is 0 Å². The van der Waals surface area contributed by atoms with E-state index < -0.39 is 22.6 Å². The second kappa shape index (κ2) is 8.68. The van der Waals surface area contributed by atoms with Crippen LogP contribution in [0.25, 0.3) is 6.08 Å². The number of ketones is 2. The average molecular weight is 553 g/mol. The van der Waals surface area contributed by atoms with E-state index in [1.807, 2.05) is 97.6 Å². The van der Waals surface area contributed by atoms with Crippen molar-refractivity contribution < 1.29 is 14.7 Å². The summed E-state index contributed by atoms with van der Waals surface area (Å²) in [6.07, 6.45) is 1.95. The summed E-state index contributed by atoms with van der Waals surface area (Å²) in [6.45, 7) is 4.62. The van der Waals surface area contributed by atoms with Gasteiger partial charge in [-0.25, -0.2) is 0 Å². The first-order chi connectivity index (χ1) is 20.3. The average Bonchev–Trinajstić information content (AvgIpc) is 3.49. The zero-order valence-corrected chi connectivity index (χ0v) is 23.7. The molecule has 5 heteroatoms. The number of fused-ring (bicyclic) bond motifs is 4. The maximum atomic E-state index is 15.3. The fourth-order valence-electron chi connectivity index (χ4n) is 8.51. The van der Waals surface area contributed by atoms with Gasteiger partial charge in [-0.1, -0.05) is 114 Å². The largest absolute Gasteiger partial charge is 0.369 e. The molecule has 0 aromatic heterocycles. The van der Waals surface area contributed by atoms with Crippen molar-refractivity contribution in [3.63, 3.8) is 0 Å². The second-order valence-electron chi connectivity index (χ2n) is 12.5. The summed E-state index contributed by atoms with van der Waals surface area (Å²) in [5.41, 5.74) is 2.35. The van der Waals surface area contributed by atoms with Crippen molar-refractivity contribution in [2.75, 3.05) is 13.1 Å². The Labute approximate surface area is 245 Å². The Bertz CT molecular complexity index is 1800. The molecular formula is C37H32N2O3. The Morgan fingerprint density at radius 2 is 1.43 bits per heavy atom. The molecule has 3 fully saturated rings. The number of aliphatic hydroxyl groups is 1. The van der Waals surface area contributed by atoms with Gasteiger partial charge in [0.05, 0.1) is 5.41 Å². The summed E-state index contributed by atoms with van der Waals surface area (Å²) in [7, 11) is 0. The number of Topliss-reactive ketones (excluding diaryl/α,β-unsaturated/α-hetero) is 2. The molecule has 2 bridgehead atoms. The molecule has 2 N–H and O–H groups in total. The van der Waals surface area contributed by atoms with Gasteiger partial charge < -0.3 is 5.11 Å². The first kappa shape index (κ1) is 25.5. The summed E-state index contributed by atoms with van der Waals surface area (Å²) < 4.78 is 0. The molecule has 0 saturated carbocycles. The molecule has 4 aromatic rings. The number of nitrogens with one attached hydrogen (secondary N) is 1. The lowest BCUT2D eigenvalue weighted by molar-refractivity contribution is -0.129. The van der Waals surface area contributed by atoms with Crippen molar-refractivity contribution >= 4 is 17.6 Å². The molecule has 6 atom stereocenters. The number of carbonyl (C=O) groups is 2. The lowest BCUT2D eigenvalue weighted by Gasteiger charge is -2.41. The normalized spacial score (nSPS) is 33.5.